The first-order chi connectivity index (χ1) is 8.95. The molecule has 1 fully saturated rings. The van der Waals surface area contributed by atoms with Gasteiger partial charge >= 0.3 is 6.18 Å². The third-order valence-electron chi connectivity index (χ3n) is 3.35. The molecule has 0 bridgehead atoms. The second-order valence-electron chi connectivity index (χ2n) is 4.91. The van der Waals surface area contributed by atoms with Gasteiger partial charge in [0.1, 0.15) is 0 Å². The van der Waals surface area contributed by atoms with Crippen molar-refractivity contribution in [3.05, 3.63) is 35.4 Å². The highest BCUT2D eigenvalue weighted by Crippen LogP contribution is 2.30. The second-order valence-corrected chi connectivity index (χ2v) is 4.91. The number of halogens is 3. The van der Waals surface area contributed by atoms with E-state index in [2.05, 4.69) is 0 Å². The highest BCUT2D eigenvalue weighted by Gasteiger charge is 2.30. The predicted molar refractivity (Wildman–Crippen MR) is 64.7 cm³/mol. The Kier molecular flexibility index (Phi) is 4.47. The molecular weight excluding hydrogens is 257 g/mol. The third kappa shape index (κ3) is 4.21. The standard InChI is InChI=1S/C14H17F3O2/c15-14(16,17)11-3-1-2-10(8-11)4-5-13-9-12(18)6-7-19-13/h1-3,8,12-13,18H,4-7,9H2. The Morgan fingerprint density at radius 3 is 2.79 bits per heavy atom. The van der Waals surface area contributed by atoms with Crippen molar-refractivity contribution < 1.29 is 23.0 Å². The van der Waals surface area contributed by atoms with Gasteiger partial charge in [0.05, 0.1) is 17.8 Å². The van der Waals surface area contributed by atoms with Crippen LogP contribution in [0.3, 0.4) is 0 Å². The molecule has 2 unspecified atom stereocenters. The molecule has 1 aromatic rings. The summed E-state index contributed by atoms with van der Waals surface area (Å²) in [5.41, 5.74) is 0.0353. The van der Waals surface area contributed by atoms with Gasteiger partial charge in [0.15, 0.2) is 0 Å². The molecule has 5 heteroatoms. The van der Waals surface area contributed by atoms with Gasteiger partial charge in [0, 0.05) is 6.61 Å². The van der Waals surface area contributed by atoms with Gasteiger partial charge in [-0.05, 0) is 37.3 Å². The molecule has 2 rings (SSSR count). The lowest BCUT2D eigenvalue weighted by molar-refractivity contribution is -0.137. The van der Waals surface area contributed by atoms with E-state index in [0.717, 1.165) is 6.07 Å². The molecule has 0 radical (unpaired) electrons. The minimum absolute atomic E-state index is 0.0571. The number of rotatable bonds is 3. The van der Waals surface area contributed by atoms with E-state index in [-0.39, 0.29) is 12.2 Å². The van der Waals surface area contributed by atoms with E-state index in [1.54, 1.807) is 6.07 Å². The molecule has 19 heavy (non-hydrogen) atoms. The van der Waals surface area contributed by atoms with Crippen molar-refractivity contribution in [1.82, 2.24) is 0 Å². The van der Waals surface area contributed by atoms with Crippen molar-refractivity contribution in [2.45, 2.75) is 44.1 Å². The Hall–Kier alpha value is -1.07. The number of aryl methyl sites for hydroxylation is 1. The molecule has 0 aromatic heterocycles. The molecule has 0 amide bonds. The fourth-order valence-electron chi connectivity index (χ4n) is 2.29. The van der Waals surface area contributed by atoms with E-state index in [4.69, 9.17) is 4.74 Å². The lowest BCUT2D eigenvalue weighted by Gasteiger charge is -2.26. The van der Waals surface area contributed by atoms with Gasteiger partial charge in [-0.25, -0.2) is 0 Å². The molecular formula is C14H17F3O2. The zero-order valence-corrected chi connectivity index (χ0v) is 10.5. The van der Waals surface area contributed by atoms with Gasteiger partial charge in [-0.3, -0.25) is 0 Å². The maximum absolute atomic E-state index is 12.6. The van der Waals surface area contributed by atoms with Crippen LogP contribution >= 0.6 is 0 Å². The Labute approximate surface area is 110 Å². The summed E-state index contributed by atoms with van der Waals surface area (Å²) in [6.07, 6.45) is -2.33. The van der Waals surface area contributed by atoms with Crippen molar-refractivity contribution in [3.8, 4) is 0 Å². The zero-order valence-electron chi connectivity index (χ0n) is 10.5. The van der Waals surface area contributed by atoms with Crippen LogP contribution in [-0.2, 0) is 17.3 Å². The summed E-state index contributed by atoms with van der Waals surface area (Å²) < 4.78 is 43.2. The number of aliphatic hydroxyl groups excluding tert-OH is 1. The maximum atomic E-state index is 12.6. The minimum atomic E-state index is -4.30. The van der Waals surface area contributed by atoms with Crippen LogP contribution in [0, 0.1) is 0 Å². The molecule has 0 aliphatic carbocycles. The molecule has 2 nitrogen and oxygen atoms in total. The molecule has 1 N–H and O–H groups in total. The smallest absolute Gasteiger partial charge is 0.393 e. The first kappa shape index (κ1) is 14.3. The molecule has 1 aromatic carbocycles. The molecule has 1 saturated heterocycles. The highest BCUT2D eigenvalue weighted by molar-refractivity contribution is 5.25. The average Bonchev–Trinajstić information content (AvgIpc) is 2.36. The minimum Gasteiger partial charge on any atom is -0.393 e. The maximum Gasteiger partial charge on any atom is 0.416 e. The Morgan fingerprint density at radius 1 is 1.32 bits per heavy atom. The zero-order chi connectivity index (χ0) is 13.9. The van der Waals surface area contributed by atoms with Crippen LogP contribution in [0.1, 0.15) is 30.4 Å². The average molecular weight is 274 g/mol. The lowest BCUT2D eigenvalue weighted by atomic mass is 9.98. The van der Waals surface area contributed by atoms with Gasteiger partial charge in [0.25, 0.3) is 0 Å². The van der Waals surface area contributed by atoms with Crippen LogP contribution in [0.4, 0.5) is 13.2 Å². The predicted octanol–water partition coefficient (Wildman–Crippen LogP) is 3.18. The topological polar surface area (TPSA) is 29.5 Å². The van der Waals surface area contributed by atoms with E-state index >= 15 is 0 Å². The third-order valence-corrected chi connectivity index (χ3v) is 3.35. The van der Waals surface area contributed by atoms with Crippen LogP contribution in [0.15, 0.2) is 24.3 Å². The first-order valence-electron chi connectivity index (χ1n) is 6.41. The number of hydrogen-bond donors (Lipinski definition) is 1. The summed E-state index contributed by atoms with van der Waals surface area (Å²) in [7, 11) is 0. The summed E-state index contributed by atoms with van der Waals surface area (Å²) in [6, 6.07) is 5.37. The largest absolute Gasteiger partial charge is 0.416 e. The van der Waals surface area contributed by atoms with Crippen molar-refractivity contribution in [3.63, 3.8) is 0 Å². The SMILES string of the molecule is OC1CCOC(CCc2cccc(C(F)(F)F)c2)C1. The number of alkyl halides is 3. The van der Waals surface area contributed by atoms with E-state index in [1.807, 2.05) is 0 Å². The van der Waals surface area contributed by atoms with Crippen molar-refractivity contribution in [2.75, 3.05) is 6.61 Å². The summed E-state index contributed by atoms with van der Waals surface area (Å²) in [5, 5.41) is 9.50. The molecule has 0 saturated carbocycles. The first-order valence-corrected chi connectivity index (χ1v) is 6.41. The number of hydrogen-bond acceptors (Lipinski definition) is 2. The monoisotopic (exact) mass is 274 g/mol. The Balaban J connectivity index is 1.92. The number of benzene rings is 1. The van der Waals surface area contributed by atoms with Crippen molar-refractivity contribution in [1.29, 1.82) is 0 Å². The lowest BCUT2D eigenvalue weighted by Crippen LogP contribution is -2.29. The molecule has 1 aliphatic rings. The van der Waals surface area contributed by atoms with Crippen LogP contribution in [0.25, 0.3) is 0 Å². The number of aliphatic hydroxyl groups is 1. The van der Waals surface area contributed by atoms with Gasteiger partial charge < -0.3 is 9.84 Å². The van der Waals surface area contributed by atoms with Crippen LogP contribution < -0.4 is 0 Å². The number of ether oxygens (including phenoxy) is 1. The van der Waals surface area contributed by atoms with E-state index in [9.17, 15) is 18.3 Å². The molecule has 106 valence electrons. The fourth-order valence-corrected chi connectivity index (χ4v) is 2.29. The van der Waals surface area contributed by atoms with E-state index in [1.165, 1.54) is 12.1 Å². The summed E-state index contributed by atoms with van der Waals surface area (Å²) in [6.45, 7) is 0.522. The quantitative estimate of drug-likeness (QED) is 0.917. The molecule has 2 atom stereocenters. The van der Waals surface area contributed by atoms with Gasteiger partial charge in [-0.1, -0.05) is 18.2 Å². The molecule has 0 spiro atoms. The summed E-state index contributed by atoms with van der Waals surface area (Å²) in [5.74, 6) is 0. The van der Waals surface area contributed by atoms with Crippen LogP contribution in [0.2, 0.25) is 0 Å². The van der Waals surface area contributed by atoms with Gasteiger partial charge in [0.2, 0.25) is 0 Å². The van der Waals surface area contributed by atoms with Crippen molar-refractivity contribution >= 4 is 0 Å². The summed E-state index contributed by atoms with van der Waals surface area (Å²) >= 11 is 0. The van der Waals surface area contributed by atoms with Gasteiger partial charge in [-0.15, -0.1) is 0 Å². The highest BCUT2D eigenvalue weighted by atomic mass is 19.4. The summed E-state index contributed by atoms with van der Waals surface area (Å²) in [4.78, 5) is 0. The van der Waals surface area contributed by atoms with E-state index in [0.29, 0.717) is 37.9 Å². The van der Waals surface area contributed by atoms with Gasteiger partial charge in [-0.2, -0.15) is 13.2 Å². The fraction of sp³-hybridized carbons (Fsp3) is 0.571. The molecule has 1 aliphatic heterocycles. The second kappa shape index (κ2) is 5.92. The van der Waals surface area contributed by atoms with Crippen molar-refractivity contribution in [2.24, 2.45) is 0 Å². The Morgan fingerprint density at radius 2 is 2.11 bits per heavy atom. The molecule has 1 heterocycles. The van der Waals surface area contributed by atoms with Crippen LogP contribution in [0.5, 0.6) is 0 Å². The van der Waals surface area contributed by atoms with Crippen LogP contribution in [-0.4, -0.2) is 23.9 Å². The Bertz CT molecular complexity index is 417. The normalized spacial score (nSPS) is 24.4. The van der Waals surface area contributed by atoms with E-state index < -0.39 is 11.7 Å².